The van der Waals surface area contributed by atoms with E-state index in [0.29, 0.717) is 0 Å². The van der Waals surface area contributed by atoms with Crippen LogP contribution in [0.3, 0.4) is 0 Å². The molecule has 0 aromatic carbocycles. The van der Waals surface area contributed by atoms with Gasteiger partial charge in [-0.15, -0.1) is 0 Å². The number of hydrogen-bond acceptors (Lipinski definition) is 4. The van der Waals surface area contributed by atoms with E-state index in [0.717, 1.165) is 37.3 Å². The molecule has 0 atom stereocenters. The van der Waals surface area contributed by atoms with Gasteiger partial charge in [-0.3, -0.25) is 0 Å². The van der Waals surface area contributed by atoms with Crippen LogP contribution in [0.15, 0.2) is 12.4 Å². The third-order valence-corrected chi connectivity index (χ3v) is 3.24. The fraction of sp³-hybridized carbons (Fsp3) is 0.667. The molecule has 0 bridgehead atoms. The first-order valence-corrected chi connectivity index (χ1v) is 5.88. The molecular weight excluding hydrogens is 202 g/mol. The van der Waals surface area contributed by atoms with Crippen LogP contribution in [-0.2, 0) is 16.9 Å². The summed E-state index contributed by atoms with van der Waals surface area (Å²) < 4.78 is 5.54. The highest BCUT2D eigenvalue weighted by Gasteiger charge is 2.41. The SMILES string of the molecule is CCNCc1cnc(C2(OC)CCC2)nc1. The zero-order valence-corrected chi connectivity index (χ0v) is 9.99. The van der Waals surface area contributed by atoms with E-state index in [1.165, 1.54) is 6.42 Å². The van der Waals surface area contributed by atoms with Crippen molar-refractivity contribution in [2.24, 2.45) is 0 Å². The van der Waals surface area contributed by atoms with E-state index in [2.05, 4.69) is 22.2 Å². The van der Waals surface area contributed by atoms with Crippen LogP contribution in [0.1, 0.15) is 37.6 Å². The summed E-state index contributed by atoms with van der Waals surface area (Å²) in [6.45, 7) is 3.88. The summed E-state index contributed by atoms with van der Waals surface area (Å²) in [4.78, 5) is 8.84. The molecule has 1 aromatic rings. The van der Waals surface area contributed by atoms with Gasteiger partial charge in [-0.05, 0) is 25.8 Å². The fourth-order valence-corrected chi connectivity index (χ4v) is 1.97. The van der Waals surface area contributed by atoms with Gasteiger partial charge in [0.25, 0.3) is 0 Å². The molecule has 1 aliphatic carbocycles. The van der Waals surface area contributed by atoms with E-state index in [4.69, 9.17) is 4.74 Å². The molecule has 0 spiro atoms. The van der Waals surface area contributed by atoms with Crippen LogP contribution in [0.25, 0.3) is 0 Å². The number of nitrogens with zero attached hydrogens (tertiary/aromatic N) is 2. The van der Waals surface area contributed by atoms with Crippen LogP contribution in [-0.4, -0.2) is 23.6 Å². The zero-order chi connectivity index (χ0) is 11.4. The Morgan fingerprint density at radius 1 is 1.38 bits per heavy atom. The van der Waals surface area contributed by atoms with Crippen molar-refractivity contribution >= 4 is 0 Å². The Balaban J connectivity index is 2.06. The van der Waals surface area contributed by atoms with Crippen LogP contribution in [0.2, 0.25) is 0 Å². The first kappa shape index (κ1) is 11.5. The van der Waals surface area contributed by atoms with Crippen molar-refractivity contribution in [2.75, 3.05) is 13.7 Å². The standard InChI is InChI=1S/C12H19N3O/c1-3-13-7-10-8-14-11(15-9-10)12(16-2)5-4-6-12/h8-9,13H,3-7H2,1-2H3. The van der Waals surface area contributed by atoms with Crippen molar-refractivity contribution in [3.63, 3.8) is 0 Å². The first-order chi connectivity index (χ1) is 7.80. The van der Waals surface area contributed by atoms with E-state index < -0.39 is 0 Å². The Hall–Kier alpha value is -1.00. The summed E-state index contributed by atoms with van der Waals surface area (Å²) in [6.07, 6.45) is 7.07. The van der Waals surface area contributed by atoms with Gasteiger partial charge < -0.3 is 10.1 Å². The summed E-state index contributed by atoms with van der Waals surface area (Å²) in [7, 11) is 1.75. The summed E-state index contributed by atoms with van der Waals surface area (Å²) in [5, 5.41) is 3.25. The molecule has 1 fully saturated rings. The summed E-state index contributed by atoms with van der Waals surface area (Å²) in [5.41, 5.74) is 0.924. The minimum atomic E-state index is -0.198. The van der Waals surface area contributed by atoms with Crippen LogP contribution in [0, 0.1) is 0 Å². The minimum Gasteiger partial charge on any atom is -0.370 e. The Labute approximate surface area is 96.4 Å². The average molecular weight is 221 g/mol. The smallest absolute Gasteiger partial charge is 0.160 e. The third-order valence-electron chi connectivity index (χ3n) is 3.24. The van der Waals surface area contributed by atoms with Gasteiger partial charge >= 0.3 is 0 Å². The second-order valence-electron chi connectivity index (χ2n) is 4.25. The number of hydrogen-bond donors (Lipinski definition) is 1. The summed E-state index contributed by atoms with van der Waals surface area (Å²) >= 11 is 0. The molecule has 1 aromatic heterocycles. The lowest BCUT2D eigenvalue weighted by Gasteiger charge is -2.38. The highest BCUT2D eigenvalue weighted by Crippen LogP contribution is 2.42. The van der Waals surface area contributed by atoms with Crippen LogP contribution >= 0.6 is 0 Å². The lowest BCUT2D eigenvalue weighted by atomic mass is 9.79. The van der Waals surface area contributed by atoms with Crippen molar-refractivity contribution in [3.8, 4) is 0 Å². The molecule has 1 heterocycles. The number of aromatic nitrogens is 2. The predicted molar refractivity (Wildman–Crippen MR) is 62.0 cm³/mol. The molecule has 0 saturated heterocycles. The number of ether oxygens (including phenoxy) is 1. The lowest BCUT2D eigenvalue weighted by Crippen LogP contribution is -2.38. The van der Waals surface area contributed by atoms with E-state index in [1.807, 2.05) is 12.4 Å². The molecule has 4 nitrogen and oxygen atoms in total. The second-order valence-corrected chi connectivity index (χ2v) is 4.25. The van der Waals surface area contributed by atoms with Crippen molar-refractivity contribution < 1.29 is 4.74 Å². The van der Waals surface area contributed by atoms with E-state index >= 15 is 0 Å². The Morgan fingerprint density at radius 2 is 2.06 bits per heavy atom. The highest BCUT2D eigenvalue weighted by atomic mass is 16.5. The van der Waals surface area contributed by atoms with E-state index in [9.17, 15) is 0 Å². The molecule has 0 aliphatic heterocycles. The quantitative estimate of drug-likeness (QED) is 0.820. The second kappa shape index (κ2) is 4.89. The van der Waals surface area contributed by atoms with Gasteiger partial charge in [-0.1, -0.05) is 6.92 Å². The average Bonchev–Trinajstić information content (AvgIpc) is 2.27. The fourth-order valence-electron chi connectivity index (χ4n) is 1.97. The number of rotatable bonds is 5. The molecule has 0 amide bonds. The van der Waals surface area contributed by atoms with E-state index in [1.54, 1.807) is 7.11 Å². The Bertz CT molecular complexity index is 327. The van der Waals surface area contributed by atoms with Crippen LogP contribution < -0.4 is 5.32 Å². The molecule has 2 rings (SSSR count). The van der Waals surface area contributed by atoms with Crippen LogP contribution in [0.5, 0.6) is 0 Å². The van der Waals surface area contributed by atoms with E-state index in [-0.39, 0.29) is 5.60 Å². The molecule has 0 unspecified atom stereocenters. The van der Waals surface area contributed by atoms with Gasteiger partial charge in [0, 0.05) is 31.6 Å². The number of nitrogens with one attached hydrogen (secondary N) is 1. The minimum absolute atomic E-state index is 0.198. The normalized spacial score (nSPS) is 18.1. The maximum absolute atomic E-state index is 5.54. The molecule has 16 heavy (non-hydrogen) atoms. The van der Waals surface area contributed by atoms with Crippen molar-refractivity contribution in [2.45, 2.75) is 38.3 Å². The molecule has 1 saturated carbocycles. The molecule has 1 N–H and O–H groups in total. The van der Waals surface area contributed by atoms with Gasteiger partial charge in [0.2, 0.25) is 0 Å². The Morgan fingerprint density at radius 3 is 2.50 bits per heavy atom. The molecule has 88 valence electrons. The maximum Gasteiger partial charge on any atom is 0.160 e. The molecular formula is C12H19N3O. The number of methoxy groups -OCH3 is 1. The van der Waals surface area contributed by atoms with Gasteiger partial charge in [-0.25, -0.2) is 9.97 Å². The van der Waals surface area contributed by atoms with Gasteiger partial charge in [-0.2, -0.15) is 0 Å². The van der Waals surface area contributed by atoms with Crippen molar-refractivity contribution in [3.05, 3.63) is 23.8 Å². The highest BCUT2D eigenvalue weighted by molar-refractivity contribution is 5.12. The monoisotopic (exact) mass is 221 g/mol. The molecule has 0 radical (unpaired) electrons. The van der Waals surface area contributed by atoms with Gasteiger partial charge in [0.05, 0.1) is 0 Å². The largest absolute Gasteiger partial charge is 0.370 e. The van der Waals surface area contributed by atoms with Crippen molar-refractivity contribution in [1.29, 1.82) is 0 Å². The third kappa shape index (κ3) is 2.08. The zero-order valence-electron chi connectivity index (χ0n) is 9.99. The topological polar surface area (TPSA) is 47.0 Å². The van der Waals surface area contributed by atoms with Gasteiger partial charge in [0.1, 0.15) is 5.60 Å². The van der Waals surface area contributed by atoms with Crippen molar-refractivity contribution in [1.82, 2.24) is 15.3 Å². The summed E-state index contributed by atoms with van der Waals surface area (Å²) in [5.74, 6) is 0.835. The van der Waals surface area contributed by atoms with Gasteiger partial charge in [0.15, 0.2) is 5.82 Å². The maximum atomic E-state index is 5.54. The lowest BCUT2D eigenvalue weighted by molar-refractivity contribution is -0.0847. The summed E-state index contributed by atoms with van der Waals surface area (Å²) in [6, 6.07) is 0. The Kier molecular flexibility index (Phi) is 3.51. The predicted octanol–water partition coefficient (Wildman–Crippen LogP) is 1.61. The van der Waals surface area contributed by atoms with Crippen LogP contribution in [0.4, 0.5) is 0 Å². The molecule has 4 heteroatoms. The first-order valence-electron chi connectivity index (χ1n) is 5.88. The molecule has 1 aliphatic rings.